The van der Waals surface area contributed by atoms with E-state index in [2.05, 4.69) is 27.3 Å². The lowest BCUT2D eigenvalue weighted by Gasteiger charge is -2.18. The van der Waals surface area contributed by atoms with Gasteiger partial charge in [-0.3, -0.25) is 4.68 Å². The molecule has 2 aromatic heterocycles. The largest absolute Gasteiger partial charge is 0.371 e. The van der Waals surface area contributed by atoms with Crippen LogP contribution in [-0.2, 0) is 11.3 Å². The number of aryl methyl sites for hydroxylation is 1. The van der Waals surface area contributed by atoms with Gasteiger partial charge in [-0.25, -0.2) is 9.97 Å². The molecule has 0 aromatic carbocycles. The Hall–Kier alpha value is -1.66. The summed E-state index contributed by atoms with van der Waals surface area (Å²) < 4.78 is 7.70. The Labute approximate surface area is 122 Å². The van der Waals surface area contributed by atoms with Gasteiger partial charge >= 0.3 is 0 Å². The lowest BCUT2D eigenvalue weighted by atomic mass is 10.1. The summed E-state index contributed by atoms with van der Waals surface area (Å²) in [5.74, 6) is 0.567. The van der Waals surface area contributed by atoms with Gasteiger partial charge in [0.25, 0.3) is 0 Å². The molecule has 1 aliphatic rings. The van der Waals surface area contributed by atoms with Gasteiger partial charge in [0.15, 0.2) is 0 Å². The monoisotopic (exact) mass is 293 g/mol. The van der Waals surface area contributed by atoms with Crippen LogP contribution in [0, 0.1) is 0 Å². The van der Waals surface area contributed by atoms with Gasteiger partial charge in [0.1, 0.15) is 6.10 Å². The molecule has 20 heavy (non-hydrogen) atoms. The Bertz CT molecular complexity index is 570. The average molecular weight is 294 g/mol. The molecule has 0 radical (unpaired) electrons. The third-order valence-electron chi connectivity index (χ3n) is 3.33. The van der Waals surface area contributed by atoms with Crippen LogP contribution in [0.4, 0.5) is 5.95 Å². The zero-order valence-electron chi connectivity index (χ0n) is 11.2. The second-order valence-electron chi connectivity index (χ2n) is 4.69. The zero-order valence-corrected chi connectivity index (χ0v) is 11.9. The molecule has 1 N–H and O–H groups in total. The third kappa shape index (κ3) is 2.76. The molecule has 3 heterocycles. The van der Waals surface area contributed by atoms with E-state index in [0.717, 1.165) is 18.5 Å². The molecule has 0 aliphatic carbocycles. The van der Waals surface area contributed by atoms with Crippen LogP contribution in [0.1, 0.15) is 25.0 Å². The van der Waals surface area contributed by atoms with Crippen LogP contribution in [0.25, 0.3) is 0 Å². The molecule has 106 valence electrons. The van der Waals surface area contributed by atoms with Crippen molar-refractivity contribution < 1.29 is 4.74 Å². The van der Waals surface area contributed by atoms with E-state index in [1.807, 2.05) is 17.1 Å². The maximum atomic E-state index is 5.81. The highest BCUT2D eigenvalue weighted by Gasteiger charge is 2.31. The molecule has 7 heteroatoms. The Morgan fingerprint density at radius 3 is 2.90 bits per heavy atom. The van der Waals surface area contributed by atoms with Crippen LogP contribution in [0.2, 0.25) is 5.02 Å². The van der Waals surface area contributed by atoms with Crippen molar-refractivity contribution >= 4 is 17.5 Å². The molecule has 1 saturated heterocycles. The molecule has 0 bridgehead atoms. The number of anilines is 1. The summed E-state index contributed by atoms with van der Waals surface area (Å²) in [7, 11) is 0. The van der Waals surface area contributed by atoms with Crippen molar-refractivity contribution in [1.29, 1.82) is 0 Å². The standard InChI is InChI=1S/C13H16ClN5O/c1-2-19-8-9(5-17-19)12-11(3-4-20-12)18-13-15-6-10(14)7-16-13/h5-8,11-12H,2-4H2,1H3,(H,15,16,18)/t11-,12+/m0/s1. The number of halogens is 1. The zero-order chi connectivity index (χ0) is 13.9. The molecule has 0 saturated carbocycles. The van der Waals surface area contributed by atoms with E-state index in [9.17, 15) is 0 Å². The Morgan fingerprint density at radius 1 is 1.40 bits per heavy atom. The summed E-state index contributed by atoms with van der Waals surface area (Å²) in [6, 6.07) is 0.144. The number of hydrogen-bond donors (Lipinski definition) is 1. The topological polar surface area (TPSA) is 64.9 Å². The molecule has 2 aromatic rings. The van der Waals surface area contributed by atoms with Crippen LogP contribution < -0.4 is 5.32 Å². The van der Waals surface area contributed by atoms with Crippen LogP contribution in [0.3, 0.4) is 0 Å². The second kappa shape index (κ2) is 5.76. The van der Waals surface area contributed by atoms with E-state index in [-0.39, 0.29) is 12.1 Å². The maximum absolute atomic E-state index is 5.81. The van der Waals surface area contributed by atoms with Gasteiger partial charge in [-0.05, 0) is 13.3 Å². The van der Waals surface area contributed by atoms with Crippen LogP contribution in [-0.4, -0.2) is 32.4 Å². The minimum absolute atomic E-state index is 0.0189. The average Bonchev–Trinajstić information content (AvgIpc) is 3.09. The molecule has 0 unspecified atom stereocenters. The normalized spacial score (nSPS) is 22.1. The first-order chi connectivity index (χ1) is 9.76. The van der Waals surface area contributed by atoms with Crippen LogP contribution in [0.15, 0.2) is 24.8 Å². The van der Waals surface area contributed by atoms with Crippen molar-refractivity contribution in [3.8, 4) is 0 Å². The van der Waals surface area contributed by atoms with Crippen molar-refractivity contribution in [2.75, 3.05) is 11.9 Å². The summed E-state index contributed by atoms with van der Waals surface area (Å²) in [5.41, 5.74) is 1.08. The number of nitrogens with one attached hydrogen (secondary N) is 1. The summed E-state index contributed by atoms with van der Waals surface area (Å²) in [6.07, 6.45) is 7.93. The summed E-state index contributed by atoms with van der Waals surface area (Å²) in [6.45, 7) is 3.63. The Balaban J connectivity index is 1.73. The van der Waals surface area contributed by atoms with E-state index in [1.54, 1.807) is 12.4 Å². The highest BCUT2D eigenvalue weighted by molar-refractivity contribution is 6.30. The number of aromatic nitrogens is 4. The quantitative estimate of drug-likeness (QED) is 0.937. The highest BCUT2D eigenvalue weighted by atomic mass is 35.5. The molecule has 1 aliphatic heterocycles. The first-order valence-electron chi connectivity index (χ1n) is 6.64. The lowest BCUT2D eigenvalue weighted by Crippen LogP contribution is -2.24. The molecule has 0 spiro atoms. The first-order valence-corrected chi connectivity index (χ1v) is 7.02. The van der Waals surface area contributed by atoms with E-state index >= 15 is 0 Å². The van der Waals surface area contributed by atoms with E-state index in [0.29, 0.717) is 17.6 Å². The van der Waals surface area contributed by atoms with Crippen LogP contribution in [0.5, 0.6) is 0 Å². The maximum Gasteiger partial charge on any atom is 0.222 e. The van der Waals surface area contributed by atoms with Crippen molar-refractivity contribution in [1.82, 2.24) is 19.7 Å². The fourth-order valence-corrected chi connectivity index (χ4v) is 2.42. The molecular formula is C13H16ClN5O. The van der Waals surface area contributed by atoms with E-state index in [4.69, 9.17) is 16.3 Å². The van der Waals surface area contributed by atoms with Crippen molar-refractivity contribution in [3.63, 3.8) is 0 Å². The predicted molar refractivity (Wildman–Crippen MR) is 75.7 cm³/mol. The van der Waals surface area contributed by atoms with Gasteiger partial charge < -0.3 is 10.1 Å². The molecular weight excluding hydrogens is 278 g/mol. The summed E-state index contributed by atoms with van der Waals surface area (Å²) in [5, 5.41) is 8.12. The molecule has 0 amide bonds. The van der Waals surface area contributed by atoms with Gasteiger partial charge in [-0.1, -0.05) is 11.6 Å². The minimum atomic E-state index is -0.0189. The molecule has 2 atom stereocenters. The molecule has 6 nitrogen and oxygen atoms in total. The van der Waals surface area contributed by atoms with E-state index in [1.165, 1.54) is 0 Å². The SMILES string of the molecule is CCn1cc([C@H]2OCC[C@@H]2Nc2ncc(Cl)cn2)cn1. The number of rotatable bonds is 4. The number of ether oxygens (including phenoxy) is 1. The van der Waals surface area contributed by atoms with Crippen molar-refractivity contribution in [3.05, 3.63) is 35.4 Å². The molecule has 1 fully saturated rings. The fourth-order valence-electron chi connectivity index (χ4n) is 2.32. The summed E-state index contributed by atoms with van der Waals surface area (Å²) in [4.78, 5) is 8.32. The third-order valence-corrected chi connectivity index (χ3v) is 3.53. The Morgan fingerprint density at radius 2 is 2.20 bits per heavy atom. The second-order valence-corrected chi connectivity index (χ2v) is 5.12. The predicted octanol–water partition coefficient (Wildman–Crippen LogP) is 2.29. The van der Waals surface area contributed by atoms with E-state index < -0.39 is 0 Å². The number of nitrogens with zero attached hydrogens (tertiary/aromatic N) is 4. The van der Waals surface area contributed by atoms with Gasteiger partial charge in [0, 0.05) is 24.9 Å². The van der Waals surface area contributed by atoms with Gasteiger partial charge in [-0.15, -0.1) is 0 Å². The smallest absolute Gasteiger partial charge is 0.222 e. The summed E-state index contributed by atoms with van der Waals surface area (Å²) >= 11 is 5.78. The Kier molecular flexibility index (Phi) is 3.84. The van der Waals surface area contributed by atoms with Gasteiger partial charge in [0.05, 0.1) is 29.7 Å². The lowest BCUT2D eigenvalue weighted by molar-refractivity contribution is 0.107. The first kappa shape index (κ1) is 13.3. The molecule has 3 rings (SSSR count). The van der Waals surface area contributed by atoms with Crippen LogP contribution >= 0.6 is 11.6 Å². The fraction of sp³-hybridized carbons (Fsp3) is 0.462. The highest BCUT2D eigenvalue weighted by Crippen LogP contribution is 2.30. The van der Waals surface area contributed by atoms with Crippen molar-refractivity contribution in [2.45, 2.75) is 32.0 Å². The minimum Gasteiger partial charge on any atom is -0.371 e. The van der Waals surface area contributed by atoms with Crippen molar-refractivity contribution in [2.24, 2.45) is 0 Å². The van der Waals surface area contributed by atoms with Gasteiger partial charge in [0.2, 0.25) is 5.95 Å². The van der Waals surface area contributed by atoms with Gasteiger partial charge in [-0.2, -0.15) is 5.10 Å². The number of hydrogen-bond acceptors (Lipinski definition) is 5.